The van der Waals surface area contributed by atoms with Crippen molar-refractivity contribution in [2.45, 2.75) is 25.6 Å². The second kappa shape index (κ2) is 8.42. The average molecular weight is 410 g/mol. The van der Waals surface area contributed by atoms with Crippen LogP contribution in [0.3, 0.4) is 0 Å². The van der Waals surface area contributed by atoms with Crippen LogP contribution in [0.4, 0.5) is 22.0 Å². The number of rotatable bonds is 6. The second-order valence-electron chi connectivity index (χ2n) is 6.17. The maximum Gasteiger partial charge on any atom is 0.416 e. The predicted octanol–water partition coefficient (Wildman–Crippen LogP) is 4.89. The molecule has 4 nitrogen and oxygen atoms in total. The largest absolute Gasteiger partial charge is 0.441 e. The summed E-state index contributed by atoms with van der Waals surface area (Å²) in [5.41, 5.74) is -1.16. The number of hydrogen-bond donors (Lipinski definition) is 1. The van der Waals surface area contributed by atoms with Crippen molar-refractivity contribution >= 4 is 5.91 Å². The molecular weight excluding hydrogens is 395 g/mol. The number of hydrogen-bond acceptors (Lipinski definition) is 3. The van der Waals surface area contributed by atoms with Gasteiger partial charge in [-0.15, -0.1) is 0 Å². The van der Waals surface area contributed by atoms with E-state index in [0.717, 1.165) is 12.1 Å². The smallest absolute Gasteiger partial charge is 0.416 e. The molecule has 3 aromatic rings. The quantitative estimate of drug-likeness (QED) is 0.589. The first-order valence-electron chi connectivity index (χ1n) is 8.56. The highest BCUT2D eigenvalue weighted by Gasteiger charge is 2.33. The third-order valence-corrected chi connectivity index (χ3v) is 4.11. The van der Waals surface area contributed by atoms with Crippen molar-refractivity contribution < 1.29 is 31.2 Å². The van der Waals surface area contributed by atoms with Gasteiger partial charge < -0.3 is 9.73 Å². The van der Waals surface area contributed by atoms with Crippen molar-refractivity contribution in [1.29, 1.82) is 0 Å². The molecule has 0 saturated heterocycles. The van der Waals surface area contributed by atoms with E-state index in [4.69, 9.17) is 4.42 Å². The third-order valence-electron chi connectivity index (χ3n) is 4.11. The zero-order valence-corrected chi connectivity index (χ0v) is 14.9. The van der Waals surface area contributed by atoms with Crippen LogP contribution in [0.25, 0.3) is 11.3 Å². The monoisotopic (exact) mass is 410 g/mol. The number of oxazole rings is 1. The Morgan fingerprint density at radius 1 is 1.10 bits per heavy atom. The molecule has 0 fully saturated rings. The minimum Gasteiger partial charge on any atom is -0.441 e. The highest BCUT2D eigenvalue weighted by Crippen LogP contribution is 2.32. The van der Waals surface area contributed by atoms with Gasteiger partial charge in [-0.25, -0.2) is 13.8 Å². The van der Waals surface area contributed by atoms with Crippen LogP contribution in [0.2, 0.25) is 0 Å². The summed E-state index contributed by atoms with van der Waals surface area (Å²) in [7, 11) is 0. The summed E-state index contributed by atoms with van der Waals surface area (Å²) in [4.78, 5) is 15.9. The number of aryl methyl sites for hydroxylation is 1. The molecule has 29 heavy (non-hydrogen) atoms. The van der Waals surface area contributed by atoms with E-state index in [1.165, 1.54) is 24.4 Å². The first-order valence-corrected chi connectivity index (χ1v) is 8.56. The van der Waals surface area contributed by atoms with Crippen molar-refractivity contribution in [3.05, 3.63) is 77.3 Å². The Morgan fingerprint density at radius 3 is 2.59 bits per heavy atom. The molecule has 0 aliphatic rings. The van der Waals surface area contributed by atoms with Crippen molar-refractivity contribution in [1.82, 2.24) is 10.3 Å². The lowest BCUT2D eigenvalue weighted by Gasteiger charge is -2.13. The lowest BCUT2D eigenvalue weighted by Crippen LogP contribution is -2.24. The summed E-state index contributed by atoms with van der Waals surface area (Å²) in [5, 5.41) is 2.36. The lowest BCUT2D eigenvalue weighted by atomic mass is 10.1. The van der Waals surface area contributed by atoms with E-state index in [9.17, 15) is 26.7 Å². The van der Waals surface area contributed by atoms with E-state index in [-0.39, 0.29) is 35.6 Å². The van der Waals surface area contributed by atoms with Crippen molar-refractivity contribution in [2.24, 2.45) is 0 Å². The Hall–Kier alpha value is -3.23. The third kappa shape index (κ3) is 5.18. The first kappa shape index (κ1) is 20.5. The SMILES string of the molecule is O=C(CCc1ncc(-c2ccccc2F)o1)NCc1ccc(F)cc1C(F)(F)F. The van der Waals surface area contributed by atoms with Crippen LogP contribution in [0, 0.1) is 11.6 Å². The van der Waals surface area contributed by atoms with Crippen molar-refractivity contribution in [2.75, 3.05) is 0 Å². The second-order valence-corrected chi connectivity index (χ2v) is 6.17. The molecule has 0 aliphatic heterocycles. The fourth-order valence-electron chi connectivity index (χ4n) is 2.68. The van der Waals surface area contributed by atoms with Gasteiger partial charge in [0.05, 0.1) is 17.3 Å². The standard InChI is InChI=1S/C20H15F5N2O2/c21-13-6-5-12(15(9-13)20(23,24)25)10-26-18(28)7-8-19-27-11-17(29-19)14-3-1-2-4-16(14)22/h1-6,9,11H,7-8,10H2,(H,26,28). The molecule has 0 saturated carbocycles. The molecular formula is C20H15F5N2O2. The molecule has 1 heterocycles. The van der Waals surface area contributed by atoms with Crippen LogP contribution in [0.5, 0.6) is 0 Å². The normalized spacial score (nSPS) is 11.5. The van der Waals surface area contributed by atoms with Crippen LogP contribution in [0.15, 0.2) is 53.1 Å². The molecule has 0 atom stereocenters. The first-order chi connectivity index (χ1) is 13.7. The van der Waals surface area contributed by atoms with Gasteiger partial charge in [0.25, 0.3) is 0 Å². The summed E-state index contributed by atoms with van der Waals surface area (Å²) in [6, 6.07) is 8.23. The molecule has 1 amide bonds. The summed E-state index contributed by atoms with van der Waals surface area (Å²) in [5.74, 6) is -1.63. The van der Waals surface area contributed by atoms with Gasteiger partial charge in [-0.3, -0.25) is 4.79 Å². The van der Waals surface area contributed by atoms with E-state index < -0.39 is 35.8 Å². The highest BCUT2D eigenvalue weighted by molar-refractivity contribution is 5.76. The van der Waals surface area contributed by atoms with Crippen LogP contribution >= 0.6 is 0 Å². The number of aromatic nitrogens is 1. The van der Waals surface area contributed by atoms with Gasteiger partial charge in [0.15, 0.2) is 11.7 Å². The van der Waals surface area contributed by atoms with Crippen LogP contribution < -0.4 is 5.32 Å². The summed E-state index contributed by atoms with van der Waals surface area (Å²) < 4.78 is 71.2. The molecule has 152 valence electrons. The molecule has 0 aliphatic carbocycles. The number of carbonyl (C=O) groups excluding carboxylic acids is 1. The summed E-state index contributed by atoms with van der Waals surface area (Å²) in [6.45, 7) is -0.403. The Labute approximate surface area is 162 Å². The number of nitrogens with one attached hydrogen (secondary N) is 1. The number of nitrogens with zero attached hydrogens (tertiary/aromatic N) is 1. The van der Waals surface area contributed by atoms with E-state index in [2.05, 4.69) is 10.3 Å². The molecule has 0 unspecified atom stereocenters. The number of alkyl halides is 3. The molecule has 0 radical (unpaired) electrons. The highest BCUT2D eigenvalue weighted by atomic mass is 19.4. The molecule has 9 heteroatoms. The van der Waals surface area contributed by atoms with Gasteiger partial charge in [-0.2, -0.15) is 13.2 Å². The van der Waals surface area contributed by atoms with Gasteiger partial charge >= 0.3 is 6.18 Å². The number of amides is 1. The van der Waals surface area contributed by atoms with E-state index >= 15 is 0 Å². The number of benzene rings is 2. The van der Waals surface area contributed by atoms with E-state index in [1.54, 1.807) is 6.07 Å². The Bertz CT molecular complexity index is 1010. The van der Waals surface area contributed by atoms with Gasteiger partial charge in [0.2, 0.25) is 5.91 Å². The Kier molecular flexibility index (Phi) is 5.95. The van der Waals surface area contributed by atoms with Crippen molar-refractivity contribution in [3.63, 3.8) is 0 Å². The van der Waals surface area contributed by atoms with E-state index in [0.29, 0.717) is 6.07 Å². The molecule has 0 spiro atoms. The fraction of sp³-hybridized carbons (Fsp3) is 0.200. The Balaban J connectivity index is 1.57. The molecule has 0 bridgehead atoms. The minimum atomic E-state index is -4.73. The molecule has 3 rings (SSSR count). The van der Waals surface area contributed by atoms with Crippen LogP contribution in [-0.2, 0) is 23.9 Å². The molecule has 2 aromatic carbocycles. The van der Waals surface area contributed by atoms with Crippen molar-refractivity contribution in [3.8, 4) is 11.3 Å². The predicted molar refractivity (Wildman–Crippen MR) is 93.5 cm³/mol. The summed E-state index contributed by atoms with van der Waals surface area (Å²) >= 11 is 0. The summed E-state index contributed by atoms with van der Waals surface area (Å²) in [6.07, 6.45) is -3.42. The molecule has 1 aromatic heterocycles. The lowest BCUT2D eigenvalue weighted by molar-refractivity contribution is -0.138. The fourth-order valence-corrected chi connectivity index (χ4v) is 2.68. The average Bonchev–Trinajstić information content (AvgIpc) is 3.14. The van der Waals surface area contributed by atoms with Gasteiger partial charge in [0, 0.05) is 19.4 Å². The maximum atomic E-state index is 13.7. The van der Waals surface area contributed by atoms with Crippen LogP contribution in [0.1, 0.15) is 23.4 Å². The topological polar surface area (TPSA) is 55.1 Å². The van der Waals surface area contributed by atoms with Crippen LogP contribution in [-0.4, -0.2) is 10.9 Å². The van der Waals surface area contributed by atoms with Gasteiger partial charge in [0.1, 0.15) is 11.6 Å². The van der Waals surface area contributed by atoms with E-state index in [1.807, 2.05) is 0 Å². The Morgan fingerprint density at radius 2 is 1.86 bits per heavy atom. The van der Waals surface area contributed by atoms with Gasteiger partial charge in [-0.05, 0) is 29.8 Å². The molecule has 1 N–H and O–H groups in total. The maximum absolute atomic E-state index is 13.7. The zero-order chi connectivity index (χ0) is 21.0. The van der Waals surface area contributed by atoms with Gasteiger partial charge in [-0.1, -0.05) is 18.2 Å². The number of carbonyl (C=O) groups is 1. The minimum absolute atomic E-state index is 0.0792. The zero-order valence-electron chi connectivity index (χ0n) is 14.9. The number of halogens is 5.